The van der Waals surface area contributed by atoms with E-state index in [0.29, 0.717) is 0 Å². The van der Waals surface area contributed by atoms with Crippen LogP contribution in [0.3, 0.4) is 0 Å². The second kappa shape index (κ2) is 4.61. The zero-order valence-electron chi connectivity index (χ0n) is 8.98. The molecular formula is C12H18S. The smallest absolute Gasteiger partial charge is 0.0302 e. The molecule has 0 aromatic carbocycles. The molecule has 13 heavy (non-hydrogen) atoms. The predicted octanol–water partition coefficient (Wildman–Crippen LogP) is 2.47. The van der Waals surface area contributed by atoms with Crippen molar-refractivity contribution in [2.75, 3.05) is 0 Å². The van der Waals surface area contributed by atoms with Crippen LogP contribution in [-0.2, 0) is 12.8 Å². The molecule has 0 aliphatic carbocycles. The van der Waals surface area contributed by atoms with Gasteiger partial charge in [-0.25, -0.2) is 0 Å². The molecule has 1 rings (SSSR count). The molecule has 0 amide bonds. The molecule has 0 unspecified atom stereocenters. The van der Waals surface area contributed by atoms with Gasteiger partial charge in [0.2, 0.25) is 0 Å². The van der Waals surface area contributed by atoms with Crippen molar-refractivity contribution in [1.29, 1.82) is 0 Å². The molecule has 0 N–H and O–H groups in total. The van der Waals surface area contributed by atoms with Gasteiger partial charge in [-0.05, 0) is 37.5 Å². The van der Waals surface area contributed by atoms with Crippen LogP contribution in [0, 0.1) is 0 Å². The van der Waals surface area contributed by atoms with Gasteiger partial charge in [-0.2, -0.15) is 0 Å². The van der Waals surface area contributed by atoms with E-state index in [1.807, 2.05) is 11.3 Å². The van der Waals surface area contributed by atoms with Crippen molar-refractivity contribution in [3.8, 4) is 0 Å². The summed E-state index contributed by atoms with van der Waals surface area (Å²) in [6.07, 6.45) is 6.79. The van der Waals surface area contributed by atoms with Crippen molar-refractivity contribution < 1.29 is 0 Å². The summed E-state index contributed by atoms with van der Waals surface area (Å²) in [4.78, 5) is 1.56. The lowest BCUT2D eigenvalue weighted by Crippen LogP contribution is -2.20. The first kappa shape index (κ1) is 10.5. The number of hydrogen-bond donors (Lipinski definition) is 0. The third-order valence-electron chi connectivity index (χ3n) is 2.39. The standard InChI is InChI=1S/C12H18S/c1-5-9-10(6-2)12(8-4)13-11(9)7-3/h5,7H,6,8H2,1-4H3/b9-5-,11-7+. The second-order valence-electron chi connectivity index (χ2n) is 3.07. The lowest BCUT2D eigenvalue weighted by Gasteiger charge is -1.95. The van der Waals surface area contributed by atoms with E-state index in [1.54, 1.807) is 10.4 Å². The first-order valence-corrected chi connectivity index (χ1v) is 5.83. The van der Waals surface area contributed by atoms with Gasteiger partial charge < -0.3 is 0 Å². The monoisotopic (exact) mass is 194 g/mol. The molecule has 0 aliphatic heterocycles. The Hall–Kier alpha value is -0.560. The molecule has 0 radical (unpaired) electrons. The minimum atomic E-state index is 1.16. The van der Waals surface area contributed by atoms with Gasteiger partial charge in [-0.3, -0.25) is 0 Å². The quantitative estimate of drug-likeness (QED) is 0.678. The average Bonchev–Trinajstić information content (AvgIpc) is 2.54. The number of rotatable bonds is 2. The maximum atomic E-state index is 2.24. The van der Waals surface area contributed by atoms with Crippen LogP contribution in [0.2, 0.25) is 0 Å². The van der Waals surface area contributed by atoms with Gasteiger partial charge in [0.1, 0.15) is 0 Å². The minimum absolute atomic E-state index is 1.16. The largest absolute Gasteiger partial charge is 0.140 e. The van der Waals surface area contributed by atoms with Gasteiger partial charge in [0.25, 0.3) is 0 Å². The van der Waals surface area contributed by atoms with Crippen LogP contribution < -0.4 is 9.75 Å². The first-order chi connectivity index (χ1) is 6.28. The van der Waals surface area contributed by atoms with Crippen molar-refractivity contribution in [2.45, 2.75) is 40.5 Å². The molecule has 72 valence electrons. The van der Waals surface area contributed by atoms with Crippen LogP contribution in [0.1, 0.15) is 38.1 Å². The summed E-state index contributed by atoms with van der Waals surface area (Å²) in [5.74, 6) is 0. The molecule has 0 saturated carbocycles. The third-order valence-corrected chi connectivity index (χ3v) is 3.84. The molecular weight excluding hydrogens is 176 g/mol. The van der Waals surface area contributed by atoms with E-state index >= 15 is 0 Å². The molecule has 0 atom stereocenters. The van der Waals surface area contributed by atoms with Crippen LogP contribution in [0.25, 0.3) is 12.2 Å². The molecule has 0 spiro atoms. The van der Waals surface area contributed by atoms with Gasteiger partial charge in [0.05, 0.1) is 0 Å². The Bertz CT molecular complexity index is 382. The summed E-state index contributed by atoms with van der Waals surface area (Å²) in [6.45, 7) is 8.74. The fraction of sp³-hybridized carbons (Fsp3) is 0.500. The van der Waals surface area contributed by atoms with Crippen LogP contribution in [0.5, 0.6) is 0 Å². The molecule has 0 fully saturated rings. The van der Waals surface area contributed by atoms with Crippen molar-refractivity contribution in [1.82, 2.24) is 0 Å². The molecule has 1 heteroatoms. The Morgan fingerprint density at radius 2 is 1.77 bits per heavy atom. The zero-order chi connectivity index (χ0) is 9.84. The Kier molecular flexibility index (Phi) is 3.73. The minimum Gasteiger partial charge on any atom is -0.140 e. The van der Waals surface area contributed by atoms with E-state index in [9.17, 15) is 0 Å². The van der Waals surface area contributed by atoms with Gasteiger partial charge in [-0.15, -0.1) is 11.3 Å². The van der Waals surface area contributed by atoms with Gasteiger partial charge >= 0.3 is 0 Å². The summed E-state index contributed by atoms with van der Waals surface area (Å²) in [6, 6.07) is 0. The number of hydrogen-bond acceptors (Lipinski definition) is 1. The van der Waals surface area contributed by atoms with Gasteiger partial charge in [0, 0.05) is 9.41 Å². The van der Waals surface area contributed by atoms with Crippen LogP contribution in [-0.4, -0.2) is 0 Å². The lowest BCUT2D eigenvalue weighted by molar-refractivity contribution is 1.06. The molecule has 0 saturated heterocycles. The summed E-state index contributed by atoms with van der Waals surface area (Å²) in [5.41, 5.74) is 1.56. The van der Waals surface area contributed by atoms with Gasteiger partial charge in [-0.1, -0.05) is 26.0 Å². The van der Waals surface area contributed by atoms with Gasteiger partial charge in [0.15, 0.2) is 0 Å². The lowest BCUT2D eigenvalue weighted by atomic mass is 10.1. The molecule has 1 heterocycles. The Balaban J connectivity index is 3.55. The summed E-state index contributed by atoms with van der Waals surface area (Å²) >= 11 is 1.95. The average molecular weight is 194 g/mol. The molecule has 1 aromatic heterocycles. The van der Waals surface area contributed by atoms with E-state index in [2.05, 4.69) is 39.8 Å². The number of aryl methyl sites for hydroxylation is 1. The Morgan fingerprint density at radius 3 is 2.15 bits per heavy atom. The Labute approximate surface area is 84.6 Å². The third kappa shape index (κ3) is 1.86. The highest BCUT2D eigenvalue weighted by atomic mass is 32.1. The molecule has 1 aromatic rings. The SMILES string of the molecule is C/C=c1/c(CC)c(CC)s/c1=C/C. The van der Waals surface area contributed by atoms with Crippen LogP contribution in [0.4, 0.5) is 0 Å². The molecule has 0 bridgehead atoms. The highest BCUT2D eigenvalue weighted by Crippen LogP contribution is 2.09. The van der Waals surface area contributed by atoms with Crippen LogP contribution in [0.15, 0.2) is 0 Å². The summed E-state index contributed by atoms with van der Waals surface area (Å²) in [7, 11) is 0. The summed E-state index contributed by atoms with van der Waals surface area (Å²) < 4.78 is 1.44. The molecule has 0 nitrogen and oxygen atoms in total. The fourth-order valence-electron chi connectivity index (χ4n) is 1.75. The van der Waals surface area contributed by atoms with Crippen molar-refractivity contribution >= 4 is 23.5 Å². The van der Waals surface area contributed by atoms with Crippen molar-refractivity contribution in [3.63, 3.8) is 0 Å². The van der Waals surface area contributed by atoms with Crippen molar-refractivity contribution in [3.05, 3.63) is 20.2 Å². The topological polar surface area (TPSA) is 0 Å². The molecule has 0 aliphatic rings. The highest BCUT2D eigenvalue weighted by molar-refractivity contribution is 7.10. The number of thiophene rings is 1. The maximum Gasteiger partial charge on any atom is 0.0302 e. The highest BCUT2D eigenvalue weighted by Gasteiger charge is 2.04. The first-order valence-electron chi connectivity index (χ1n) is 5.01. The summed E-state index contributed by atoms with van der Waals surface area (Å²) in [5, 5.41) is 1.46. The van der Waals surface area contributed by atoms with Crippen molar-refractivity contribution in [2.24, 2.45) is 0 Å². The van der Waals surface area contributed by atoms with E-state index in [4.69, 9.17) is 0 Å². The van der Waals surface area contributed by atoms with Crippen LogP contribution >= 0.6 is 11.3 Å². The van der Waals surface area contributed by atoms with E-state index in [1.165, 1.54) is 16.2 Å². The normalized spacial score (nSPS) is 14.2. The predicted molar refractivity (Wildman–Crippen MR) is 62.6 cm³/mol. The fourth-order valence-corrected chi connectivity index (χ4v) is 3.01. The maximum absolute atomic E-state index is 2.24. The van der Waals surface area contributed by atoms with E-state index < -0.39 is 0 Å². The Morgan fingerprint density at radius 1 is 1.08 bits per heavy atom. The van der Waals surface area contributed by atoms with E-state index in [-0.39, 0.29) is 0 Å². The zero-order valence-corrected chi connectivity index (χ0v) is 9.79. The van der Waals surface area contributed by atoms with E-state index in [0.717, 1.165) is 6.42 Å². The second-order valence-corrected chi connectivity index (χ2v) is 4.20.